The van der Waals surface area contributed by atoms with Crippen LogP contribution in [0.1, 0.15) is 21.5 Å². The lowest BCUT2D eigenvalue weighted by atomic mass is 10.2. The summed E-state index contributed by atoms with van der Waals surface area (Å²) < 4.78 is 15.3. The van der Waals surface area contributed by atoms with Crippen molar-refractivity contribution in [3.63, 3.8) is 0 Å². The maximum absolute atomic E-state index is 14.0. The molecule has 1 aromatic heterocycles. The van der Waals surface area contributed by atoms with Gasteiger partial charge in [-0.05, 0) is 29.3 Å². The van der Waals surface area contributed by atoms with E-state index in [1.54, 1.807) is 42.5 Å². The second kappa shape index (κ2) is 10.4. The van der Waals surface area contributed by atoms with E-state index in [9.17, 15) is 18.8 Å². The number of carbonyl (C=O) groups is 1. The Bertz CT molecular complexity index is 1480. The molecule has 3 aromatic carbocycles. The number of aromatic amines is 1. The van der Waals surface area contributed by atoms with E-state index in [-0.39, 0.29) is 23.9 Å². The first-order chi connectivity index (χ1) is 16.9. The number of rotatable bonds is 7. The number of nitrogens with one attached hydrogen (secondary N) is 1. The average molecular weight is 491 g/mol. The Morgan fingerprint density at radius 3 is 2.40 bits per heavy atom. The molecule has 0 aliphatic heterocycles. The minimum Gasteiger partial charge on any atom is -0.383 e. The van der Waals surface area contributed by atoms with Crippen molar-refractivity contribution in [2.45, 2.75) is 17.2 Å². The minimum absolute atomic E-state index is 0.116. The number of nitrogen functional groups attached to an aromatic ring is 1. The van der Waals surface area contributed by atoms with Crippen molar-refractivity contribution < 1.29 is 9.18 Å². The molecule has 0 spiro atoms. The molecule has 3 N–H and O–H groups in total. The summed E-state index contributed by atoms with van der Waals surface area (Å²) in [5.74, 6) is -0.592. The smallest absolute Gasteiger partial charge is 0.330 e. The van der Waals surface area contributed by atoms with Crippen LogP contribution in [-0.2, 0) is 12.3 Å². The number of amides is 1. The van der Waals surface area contributed by atoms with Gasteiger partial charge in [0.05, 0.1) is 12.1 Å². The van der Waals surface area contributed by atoms with Gasteiger partial charge in [-0.25, -0.2) is 9.18 Å². The SMILES string of the molecule is CN(C(=O)c1ccccc1SCc1ccccc1F)c1c(N)n(Cc2ccccc2)c(=O)[nH]c1=O. The summed E-state index contributed by atoms with van der Waals surface area (Å²) in [4.78, 5) is 42.6. The van der Waals surface area contributed by atoms with Crippen LogP contribution in [0.25, 0.3) is 0 Å². The summed E-state index contributed by atoms with van der Waals surface area (Å²) in [6.07, 6.45) is 0. The van der Waals surface area contributed by atoms with E-state index in [0.717, 1.165) is 10.5 Å². The van der Waals surface area contributed by atoms with Crippen LogP contribution in [0.15, 0.2) is 93.3 Å². The molecule has 0 unspecified atom stereocenters. The number of hydrogen-bond donors (Lipinski definition) is 2. The van der Waals surface area contributed by atoms with Crippen molar-refractivity contribution in [1.82, 2.24) is 9.55 Å². The third-order valence-corrected chi connectivity index (χ3v) is 6.62. The van der Waals surface area contributed by atoms with Crippen molar-refractivity contribution >= 4 is 29.2 Å². The van der Waals surface area contributed by atoms with E-state index in [0.29, 0.717) is 21.8 Å². The van der Waals surface area contributed by atoms with Gasteiger partial charge >= 0.3 is 5.69 Å². The highest BCUT2D eigenvalue weighted by Gasteiger charge is 2.24. The number of nitrogens with zero attached hydrogens (tertiary/aromatic N) is 2. The molecule has 0 bridgehead atoms. The van der Waals surface area contributed by atoms with Gasteiger partial charge in [-0.1, -0.05) is 60.7 Å². The summed E-state index contributed by atoms with van der Waals surface area (Å²) in [7, 11) is 1.43. The van der Waals surface area contributed by atoms with Crippen LogP contribution < -0.4 is 21.9 Å². The molecule has 4 aromatic rings. The van der Waals surface area contributed by atoms with Crippen molar-refractivity contribution in [3.8, 4) is 0 Å². The maximum atomic E-state index is 14.0. The quantitative estimate of drug-likeness (QED) is 0.383. The Morgan fingerprint density at radius 1 is 1.00 bits per heavy atom. The lowest BCUT2D eigenvalue weighted by Crippen LogP contribution is -2.39. The summed E-state index contributed by atoms with van der Waals surface area (Å²) in [5, 5.41) is 0. The lowest BCUT2D eigenvalue weighted by molar-refractivity contribution is 0.0990. The van der Waals surface area contributed by atoms with Crippen molar-refractivity contribution in [2.75, 3.05) is 17.7 Å². The first kappa shape index (κ1) is 24.0. The molecule has 4 rings (SSSR count). The third-order valence-electron chi connectivity index (χ3n) is 5.50. The van der Waals surface area contributed by atoms with Crippen molar-refractivity contribution in [2.24, 2.45) is 0 Å². The molecule has 0 radical (unpaired) electrons. The molecule has 0 aliphatic rings. The molecule has 1 heterocycles. The monoisotopic (exact) mass is 490 g/mol. The summed E-state index contributed by atoms with van der Waals surface area (Å²) in [6, 6.07) is 22.5. The molecular formula is C26H23FN4O3S. The molecule has 0 saturated carbocycles. The van der Waals surface area contributed by atoms with E-state index < -0.39 is 17.2 Å². The lowest BCUT2D eigenvalue weighted by Gasteiger charge is -2.21. The predicted octanol–water partition coefficient (Wildman–Crippen LogP) is 3.88. The number of anilines is 2. The number of hydrogen-bond acceptors (Lipinski definition) is 5. The fourth-order valence-electron chi connectivity index (χ4n) is 3.65. The van der Waals surface area contributed by atoms with Gasteiger partial charge in [0.25, 0.3) is 11.5 Å². The summed E-state index contributed by atoms with van der Waals surface area (Å²) in [6.45, 7) is 0.131. The van der Waals surface area contributed by atoms with Gasteiger partial charge in [-0.2, -0.15) is 0 Å². The van der Waals surface area contributed by atoms with Gasteiger partial charge in [0.2, 0.25) is 0 Å². The fraction of sp³-hybridized carbons (Fsp3) is 0.115. The maximum Gasteiger partial charge on any atom is 0.330 e. The van der Waals surface area contributed by atoms with E-state index in [2.05, 4.69) is 4.98 Å². The molecule has 0 atom stereocenters. The Hall–Kier alpha value is -4.11. The number of benzene rings is 3. The van der Waals surface area contributed by atoms with Crippen LogP contribution in [0.5, 0.6) is 0 Å². The number of carbonyl (C=O) groups excluding carboxylic acids is 1. The van der Waals surface area contributed by atoms with E-state index in [1.165, 1.54) is 29.4 Å². The van der Waals surface area contributed by atoms with Crippen LogP contribution in [-0.4, -0.2) is 22.5 Å². The topological polar surface area (TPSA) is 101 Å². The highest BCUT2D eigenvalue weighted by molar-refractivity contribution is 7.98. The summed E-state index contributed by atoms with van der Waals surface area (Å²) >= 11 is 1.31. The van der Waals surface area contributed by atoms with Crippen molar-refractivity contribution in [3.05, 3.63) is 122 Å². The zero-order chi connectivity index (χ0) is 24.9. The van der Waals surface area contributed by atoms with Crippen LogP contribution >= 0.6 is 11.8 Å². The molecule has 178 valence electrons. The van der Waals surface area contributed by atoms with E-state index in [4.69, 9.17) is 5.73 Å². The molecule has 1 amide bonds. The largest absolute Gasteiger partial charge is 0.383 e. The second-order valence-corrected chi connectivity index (χ2v) is 8.82. The van der Waals surface area contributed by atoms with Crippen LogP contribution in [0.2, 0.25) is 0 Å². The number of halogens is 1. The molecular weight excluding hydrogens is 467 g/mol. The second-order valence-electron chi connectivity index (χ2n) is 7.81. The van der Waals surface area contributed by atoms with Crippen LogP contribution in [0.3, 0.4) is 0 Å². The van der Waals surface area contributed by atoms with E-state index >= 15 is 0 Å². The molecule has 9 heteroatoms. The van der Waals surface area contributed by atoms with Gasteiger partial charge in [0, 0.05) is 17.7 Å². The number of nitrogens with two attached hydrogens (primary N) is 1. The molecule has 0 fully saturated rings. The minimum atomic E-state index is -0.760. The molecule has 7 nitrogen and oxygen atoms in total. The molecule has 35 heavy (non-hydrogen) atoms. The Balaban J connectivity index is 1.65. The highest BCUT2D eigenvalue weighted by atomic mass is 32.2. The van der Waals surface area contributed by atoms with Crippen LogP contribution in [0, 0.1) is 5.82 Å². The Labute approximate surface area is 205 Å². The van der Waals surface area contributed by atoms with Gasteiger partial charge < -0.3 is 10.6 Å². The normalized spacial score (nSPS) is 10.8. The predicted molar refractivity (Wildman–Crippen MR) is 136 cm³/mol. The highest BCUT2D eigenvalue weighted by Crippen LogP contribution is 2.29. The van der Waals surface area contributed by atoms with Gasteiger partial charge in [0.1, 0.15) is 11.6 Å². The van der Waals surface area contributed by atoms with E-state index in [1.807, 2.05) is 30.3 Å². The zero-order valence-corrected chi connectivity index (χ0v) is 19.7. The number of aromatic nitrogens is 2. The third kappa shape index (κ3) is 5.20. The van der Waals surface area contributed by atoms with Crippen molar-refractivity contribution in [1.29, 1.82) is 0 Å². The van der Waals surface area contributed by atoms with Gasteiger partial charge in [0.15, 0.2) is 5.69 Å². The first-order valence-corrected chi connectivity index (χ1v) is 11.7. The van der Waals surface area contributed by atoms with Gasteiger partial charge in [-0.15, -0.1) is 11.8 Å². The summed E-state index contributed by atoms with van der Waals surface area (Å²) in [5.41, 5.74) is 6.34. The van der Waals surface area contributed by atoms with Gasteiger partial charge in [-0.3, -0.25) is 19.1 Å². The molecule has 0 aliphatic carbocycles. The fourth-order valence-corrected chi connectivity index (χ4v) is 4.68. The standard InChI is InChI=1S/C26H23FN4O3S/c1-30(22-23(28)31(26(34)29-24(22)32)15-17-9-3-2-4-10-17)25(33)19-12-6-8-14-21(19)35-16-18-11-5-7-13-20(18)27/h2-14H,15-16,28H2,1H3,(H,29,32,34). The molecule has 0 saturated heterocycles. The first-order valence-electron chi connectivity index (χ1n) is 10.8. The zero-order valence-electron chi connectivity index (χ0n) is 18.9. The number of thioether (sulfide) groups is 1. The van der Waals surface area contributed by atoms with Crippen LogP contribution in [0.4, 0.5) is 15.9 Å². The number of H-pyrrole nitrogens is 1. The Kier molecular flexibility index (Phi) is 7.17. The Morgan fingerprint density at radius 2 is 1.66 bits per heavy atom. The average Bonchev–Trinajstić information content (AvgIpc) is 2.86.